The molecular weight excluding hydrogens is 322 g/mol. The zero-order valence-corrected chi connectivity index (χ0v) is 14.4. The molecule has 0 bridgehead atoms. The lowest BCUT2D eigenvalue weighted by Gasteiger charge is -2.30. The summed E-state index contributed by atoms with van der Waals surface area (Å²) in [5.74, 6) is -0.397. The van der Waals surface area contributed by atoms with Gasteiger partial charge in [0.25, 0.3) is 10.0 Å². The lowest BCUT2D eigenvalue weighted by Crippen LogP contribution is -2.45. The Bertz CT molecular complexity index is 613. The van der Waals surface area contributed by atoms with Crippen LogP contribution in [0.25, 0.3) is 0 Å². The second-order valence-electron chi connectivity index (χ2n) is 5.36. The molecule has 1 unspecified atom stereocenters. The second kappa shape index (κ2) is 7.54. The molecule has 2 rings (SSSR count). The van der Waals surface area contributed by atoms with Crippen LogP contribution in [0.15, 0.2) is 16.3 Å². The Morgan fingerprint density at radius 2 is 2.27 bits per heavy atom. The number of carbonyl (C=O) groups excluding carboxylic acids is 1. The number of hydrogen-bond donors (Lipinski definition) is 2. The van der Waals surface area contributed by atoms with Crippen LogP contribution in [0.2, 0.25) is 0 Å². The maximum absolute atomic E-state index is 12.7. The first-order chi connectivity index (χ1) is 10.5. The average molecular weight is 345 g/mol. The van der Waals surface area contributed by atoms with E-state index in [2.05, 4.69) is 5.32 Å². The summed E-state index contributed by atoms with van der Waals surface area (Å²) in [4.78, 5) is 13.1. The monoisotopic (exact) mass is 345 g/mol. The summed E-state index contributed by atoms with van der Waals surface area (Å²) in [6.07, 6.45) is 2.24. The third-order valence-electron chi connectivity index (χ3n) is 3.78. The van der Waals surface area contributed by atoms with Crippen LogP contribution in [0.4, 0.5) is 0 Å². The van der Waals surface area contributed by atoms with Crippen LogP contribution >= 0.6 is 11.3 Å². The van der Waals surface area contributed by atoms with Gasteiger partial charge in [0.15, 0.2) is 0 Å². The first-order valence-corrected chi connectivity index (χ1v) is 9.81. The smallest absolute Gasteiger partial charge is 0.252 e. The summed E-state index contributed by atoms with van der Waals surface area (Å²) in [5.41, 5.74) is 5.37. The number of aryl methyl sites for hydroxylation is 1. The van der Waals surface area contributed by atoms with E-state index < -0.39 is 10.0 Å². The minimum absolute atomic E-state index is 0.106. The molecule has 2 heterocycles. The van der Waals surface area contributed by atoms with E-state index in [4.69, 9.17) is 5.73 Å². The number of piperidine rings is 1. The van der Waals surface area contributed by atoms with Gasteiger partial charge in [-0.2, -0.15) is 4.31 Å². The molecule has 1 fully saturated rings. The maximum atomic E-state index is 12.7. The van der Waals surface area contributed by atoms with E-state index >= 15 is 0 Å². The molecule has 1 aromatic rings. The molecule has 1 aliphatic rings. The van der Waals surface area contributed by atoms with Gasteiger partial charge < -0.3 is 11.1 Å². The van der Waals surface area contributed by atoms with Gasteiger partial charge in [0.1, 0.15) is 4.21 Å². The second-order valence-corrected chi connectivity index (χ2v) is 8.69. The molecule has 0 aliphatic carbocycles. The van der Waals surface area contributed by atoms with Gasteiger partial charge in [-0.3, -0.25) is 4.79 Å². The molecule has 0 aromatic carbocycles. The van der Waals surface area contributed by atoms with Crippen molar-refractivity contribution in [3.05, 3.63) is 17.0 Å². The Balaban J connectivity index is 2.09. The van der Waals surface area contributed by atoms with Crippen molar-refractivity contribution in [3.63, 3.8) is 0 Å². The highest BCUT2D eigenvalue weighted by molar-refractivity contribution is 7.91. The van der Waals surface area contributed by atoms with Crippen LogP contribution in [-0.4, -0.2) is 44.8 Å². The highest BCUT2D eigenvalue weighted by Gasteiger charge is 2.33. The normalized spacial score (nSPS) is 20.0. The molecule has 8 heteroatoms. The SMILES string of the molecule is CCc1ccc(S(=O)(=O)N2CCCC(C(=O)NCCN)C2)s1. The molecule has 1 aliphatic heterocycles. The Labute approximate surface area is 135 Å². The van der Waals surface area contributed by atoms with Crippen LogP contribution in [0, 0.1) is 5.92 Å². The first-order valence-electron chi connectivity index (χ1n) is 7.55. The van der Waals surface area contributed by atoms with E-state index in [1.54, 1.807) is 6.07 Å². The van der Waals surface area contributed by atoms with Crippen LogP contribution in [0.1, 0.15) is 24.6 Å². The molecule has 0 saturated carbocycles. The van der Waals surface area contributed by atoms with Gasteiger partial charge in [-0.1, -0.05) is 6.92 Å². The minimum Gasteiger partial charge on any atom is -0.355 e. The predicted octanol–water partition coefficient (Wildman–Crippen LogP) is 0.786. The van der Waals surface area contributed by atoms with E-state index in [9.17, 15) is 13.2 Å². The summed E-state index contributed by atoms with van der Waals surface area (Å²) in [6, 6.07) is 3.52. The van der Waals surface area contributed by atoms with Crippen LogP contribution < -0.4 is 11.1 Å². The molecule has 6 nitrogen and oxygen atoms in total. The maximum Gasteiger partial charge on any atom is 0.252 e. The van der Waals surface area contributed by atoms with Crippen molar-refractivity contribution in [3.8, 4) is 0 Å². The fourth-order valence-corrected chi connectivity index (χ4v) is 5.50. The van der Waals surface area contributed by atoms with Crippen LogP contribution in [-0.2, 0) is 21.2 Å². The Hall–Kier alpha value is -0.960. The third kappa shape index (κ3) is 3.87. The number of carbonyl (C=O) groups is 1. The molecule has 1 saturated heterocycles. The Kier molecular flexibility index (Phi) is 5.96. The highest BCUT2D eigenvalue weighted by Crippen LogP contribution is 2.28. The van der Waals surface area contributed by atoms with Gasteiger partial charge in [0.05, 0.1) is 5.92 Å². The zero-order chi connectivity index (χ0) is 16.2. The van der Waals surface area contributed by atoms with Crippen molar-refractivity contribution in [1.82, 2.24) is 9.62 Å². The quantitative estimate of drug-likeness (QED) is 0.797. The van der Waals surface area contributed by atoms with Gasteiger partial charge >= 0.3 is 0 Å². The van der Waals surface area contributed by atoms with Crippen LogP contribution in [0.3, 0.4) is 0 Å². The van der Waals surface area contributed by atoms with E-state index in [1.807, 2.05) is 13.0 Å². The van der Waals surface area contributed by atoms with Crippen molar-refractivity contribution in [2.45, 2.75) is 30.4 Å². The number of rotatable bonds is 6. The zero-order valence-electron chi connectivity index (χ0n) is 12.7. The van der Waals surface area contributed by atoms with Crippen molar-refractivity contribution in [2.24, 2.45) is 11.7 Å². The number of hydrogen-bond acceptors (Lipinski definition) is 5. The first kappa shape index (κ1) is 17.4. The van der Waals surface area contributed by atoms with E-state index in [1.165, 1.54) is 15.6 Å². The summed E-state index contributed by atoms with van der Waals surface area (Å²) >= 11 is 1.31. The Morgan fingerprint density at radius 1 is 1.50 bits per heavy atom. The van der Waals surface area contributed by atoms with E-state index in [-0.39, 0.29) is 18.4 Å². The van der Waals surface area contributed by atoms with Crippen molar-refractivity contribution in [1.29, 1.82) is 0 Å². The van der Waals surface area contributed by atoms with E-state index in [0.29, 0.717) is 36.7 Å². The number of amides is 1. The lowest BCUT2D eigenvalue weighted by atomic mass is 9.99. The van der Waals surface area contributed by atoms with Gasteiger partial charge in [-0.25, -0.2) is 8.42 Å². The van der Waals surface area contributed by atoms with Gasteiger partial charge in [0, 0.05) is 31.1 Å². The van der Waals surface area contributed by atoms with Crippen molar-refractivity contribution >= 4 is 27.3 Å². The topological polar surface area (TPSA) is 92.5 Å². The summed E-state index contributed by atoms with van der Waals surface area (Å²) in [6.45, 7) is 3.53. The minimum atomic E-state index is -3.49. The number of nitrogens with one attached hydrogen (secondary N) is 1. The molecule has 124 valence electrons. The number of thiophene rings is 1. The number of sulfonamides is 1. The number of nitrogens with zero attached hydrogens (tertiary/aromatic N) is 1. The number of nitrogens with two attached hydrogens (primary N) is 1. The molecule has 3 N–H and O–H groups in total. The molecule has 0 spiro atoms. The summed E-state index contributed by atoms with van der Waals surface area (Å²) in [7, 11) is -3.49. The Morgan fingerprint density at radius 3 is 2.91 bits per heavy atom. The van der Waals surface area contributed by atoms with Gasteiger partial charge in [0.2, 0.25) is 5.91 Å². The standard InChI is InChI=1S/C14H23N3O3S2/c1-2-12-5-6-13(21-12)22(19,20)17-9-3-4-11(10-17)14(18)16-8-7-15/h5-6,11H,2-4,7-10,15H2,1H3,(H,16,18). The third-order valence-corrected chi connectivity index (χ3v) is 7.34. The summed E-state index contributed by atoms with van der Waals surface area (Å²) in [5, 5.41) is 2.74. The molecule has 1 atom stereocenters. The fraction of sp³-hybridized carbons (Fsp3) is 0.643. The lowest BCUT2D eigenvalue weighted by molar-refractivity contribution is -0.126. The molecule has 22 heavy (non-hydrogen) atoms. The van der Waals surface area contributed by atoms with Gasteiger partial charge in [-0.15, -0.1) is 11.3 Å². The molecule has 1 amide bonds. The largest absolute Gasteiger partial charge is 0.355 e. The average Bonchev–Trinajstić information content (AvgIpc) is 3.02. The molecular formula is C14H23N3O3S2. The van der Waals surface area contributed by atoms with Crippen molar-refractivity contribution in [2.75, 3.05) is 26.2 Å². The predicted molar refractivity (Wildman–Crippen MR) is 87.2 cm³/mol. The molecule has 1 aromatic heterocycles. The van der Waals surface area contributed by atoms with Gasteiger partial charge in [-0.05, 0) is 31.4 Å². The van der Waals surface area contributed by atoms with E-state index in [0.717, 1.165) is 11.3 Å². The fourth-order valence-electron chi connectivity index (χ4n) is 2.53. The highest BCUT2D eigenvalue weighted by atomic mass is 32.2. The van der Waals surface area contributed by atoms with Crippen molar-refractivity contribution < 1.29 is 13.2 Å². The van der Waals surface area contributed by atoms with Crippen LogP contribution in [0.5, 0.6) is 0 Å². The molecule has 0 radical (unpaired) electrons. The summed E-state index contributed by atoms with van der Waals surface area (Å²) < 4.78 is 27.2.